The summed E-state index contributed by atoms with van der Waals surface area (Å²) in [6.07, 6.45) is 0. The number of esters is 1. The first-order valence-corrected chi connectivity index (χ1v) is 5.35. The van der Waals surface area contributed by atoms with Gasteiger partial charge in [0.2, 0.25) is 0 Å². The van der Waals surface area contributed by atoms with Crippen molar-refractivity contribution in [2.24, 2.45) is 5.92 Å². The summed E-state index contributed by atoms with van der Waals surface area (Å²) in [5, 5.41) is 0. The molecule has 1 aromatic rings. The van der Waals surface area contributed by atoms with E-state index in [-0.39, 0.29) is 11.9 Å². The summed E-state index contributed by atoms with van der Waals surface area (Å²) < 4.78 is 3.63. The molecule has 1 fully saturated rings. The van der Waals surface area contributed by atoms with Gasteiger partial charge in [0.1, 0.15) is 10.3 Å². The second kappa shape index (κ2) is 3.69. The van der Waals surface area contributed by atoms with Crippen molar-refractivity contribution in [3.05, 3.63) is 35.9 Å². The van der Waals surface area contributed by atoms with Crippen molar-refractivity contribution in [2.45, 2.75) is 10.3 Å². The zero-order valence-corrected chi connectivity index (χ0v) is 9.63. The fourth-order valence-electron chi connectivity index (χ4n) is 1.82. The first-order valence-electron chi connectivity index (χ1n) is 4.59. The summed E-state index contributed by atoms with van der Waals surface area (Å²) in [5.41, 5.74) is 0.970. The Hall–Kier alpha value is -0.730. The van der Waals surface area contributed by atoms with Crippen LogP contribution in [0.4, 0.5) is 0 Å². The molecule has 2 unspecified atom stereocenters. The molecule has 0 radical (unpaired) electrons. The number of ether oxygens (including phenoxy) is 1. The van der Waals surface area contributed by atoms with Gasteiger partial charge >= 0.3 is 5.97 Å². The number of carbonyl (C=O) groups is 1. The molecule has 0 aliphatic heterocycles. The van der Waals surface area contributed by atoms with E-state index < -0.39 is 10.3 Å². The number of hydrogen-bond donors (Lipinski definition) is 0. The van der Waals surface area contributed by atoms with Gasteiger partial charge in [-0.1, -0.05) is 53.5 Å². The molecule has 4 heteroatoms. The van der Waals surface area contributed by atoms with Crippen LogP contribution in [0.1, 0.15) is 11.5 Å². The maximum Gasteiger partial charge on any atom is 0.312 e. The minimum absolute atomic E-state index is 0.158. The van der Waals surface area contributed by atoms with Crippen molar-refractivity contribution in [1.82, 2.24) is 0 Å². The third kappa shape index (κ3) is 1.72. The van der Waals surface area contributed by atoms with E-state index in [2.05, 4.69) is 4.74 Å². The molecule has 1 aliphatic rings. The second-order valence-corrected chi connectivity index (χ2v) is 5.01. The van der Waals surface area contributed by atoms with Crippen LogP contribution in [0.5, 0.6) is 0 Å². The van der Waals surface area contributed by atoms with Crippen molar-refractivity contribution in [2.75, 3.05) is 7.11 Å². The third-order valence-electron chi connectivity index (χ3n) is 2.67. The van der Waals surface area contributed by atoms with Crippen molar-refractivity contribution >= 4 is 29.2 Å². The standard InChI is InChI=1S/C11H10Cl2O2/c1-15-10(14)9-8(11(9,12)13)7-5-3-2-4-6-7/h2-6,8-9H,1H3. The van der Waals surface area contributed by atoms with Gasteiger partial charge in [-0.25, -0.2) is 0 Å². The summed E-state index contributed by atoms with van der Waals surface area (Å²) in [7, 11) is 1.34. The number of alkyl halides is 2. The molecule has 0 heterocycles. The molecule has 1 aromatic carbocycles. The average Bonchev–Trinajstić information content (AvgIpc) is 2.82. The molecule has 80 valence electrons. The largest absolute Gasteiger partial charge is 0.469 e. The Morgan fingerprint density at radius 2 is 1.93 bits per heavy atom. The Morgan fingerprint density at radius 3 is 2.47 bits per heavy atom. The van der Waals surface area contributed by atoms with Gasteiger partial charge in [-0.15, -0.1) is 0 Å². The first kappa shape index (κ1) is 10.8. The molecule has 1 aliphatic carbocycles. The predicted octanol–water partition coefficient (Wildman–Crippen LogP) is 2.75. The van der Waals surface area contributed by atoms with Crippen LogP contribution in [-0.4, -0.2) is 17.4 Å². The molecule has 2 rings (SSSR count). The molecule has 0 amide bonds. The van der Waals surface area contributed by atoms with Crippen molar-refractivity contribution in [3.8, 4) is 0 Å². The van der Waals surface area contributed by atoms with Crippen LogP contribution in [0.25, 0.3) is 0 Å². The SMILES string of the molecule is COC(=O)C1C(c2ccccc2)C1(Cl)Cl. The number of halogens is 2. The third-order valence-corrected chi connectivity index (χ3v) is 3.61. The maximum absolute atomic E-state index is 11.4. The number of rotatable bonds is 2. The quantitative estimate of drug-likeness (QED) is 0.591. The van der Waals surface area contributed by atoms with Crippen LogP contribution in [0.15, 0.2) is 30.3 Å². The van der Waals surface area contributed by atoms with Crippen LogP contribution in [-0.2, 0) is 9.53 Å². The zero-order valence-electron chi connectivity index (χ0n) is 8.11. The van der Waals surface area contributed by atoms with E-state index in [0.29, 0.717) is 0 Å². The topological polar surface area (TPSA) is 26.3 Å². The Bertz CT molecular complexity index is 375. The van der Waals surface area contributed by atoms with Gasteiger partial charge in [-0.3, -0.25) is 4.79 Å². The van der Waals surface area contributed by atoms with Gasteiger partial charge in [0.05, 0.1) is 7.11 Å². The molecule has 0 spiro atoms. The highest BCUT2D eigenvalue weighted by molar-refractivity contribution is 6.53. The number of methoxy groups -OCH3 is 1. The lowest BCUT2D eigenvalue weighted by atomic mass is 10.1. The van der Waals surface area contributed by atoms with E-state index in [1.165, 1.54) is 7.11 Å². The monoisotopic (exact) mass is 244 g/mol. The van der Waals surface area contributed by atoms with Crippen LogP contribution >= 0.6 is 23.2 Å². The lowest BCUT2D eigenvalue weighted by Gasteiger charge is -1.97. The Labute approximate surface area is 98.1 Å². The van der Waals surface area contributed by atoms with E-state index in [1.54, 1.807) is 0 Å². The first-order chi connectivity index (χ1) is 7.09. The van der Waals surface area contributed by atoms with Crippen molar-refractivity contribution in [3.63, 3.8) is 0 Å². The van der Waals surface area contributed by atoms with Gasteiger partial charge < -0.3 is 4.74 Å². The molecule has 2 atom stereocenters. The minimum atomic E-state index is -1.02. The highest BCUT2D eigenvalue weighted by atomic mass is 35.5. The highest BCUT2D eigenvalue weighted by Gasteiger charge is 2.68. The van der Waals surface area contributed by atoms with Gasteiger partial charge in [-0.05, 0) is 5.56 Å². The number of benzene rings is 1. The van der Waals surface area contributed by atoms with Crippen molar-refractivity contribution in [1.29, 1.82) is 0 Å². The molecule has 0 aromatic heterocycles. The minimum Gasteiger partial charge on any atom is -0.469 e. The summed E-state index contributed by atoms with van der Waals surface area (Å²) in [6, 6.07) is 9.51. The number of carbonyl (C=O) groups excluding carboxylic acids is 1. The predicted molar refractivity (Wildman–Crippen MR) is 59.1 cm³/mol. The summed E-state index contributed by atoms with van der Waals surface area (Å²) in [4.78, 5) is 11.4. The van der Waals surface area contributed by atoms with Gasteiger partial charge in [-0.2, -0.15) is 0 Å². The lowest BCUT2D eigenvalue weighted by molar-refractivity contribution is -0.142. The fourth-order valence-corrected chi connectivity index (χ4v) is 2.63. The second-order valence-electron chi connectivity index (χ2n) is 3.56. The molecule has 0 saturated heterocycles. The Kier molecular flexibility index (Phi) is 2.65. The van der Waals surface area contributed by atoms with E-state index in [4.69, 9.17) is 23.2 Å². The summed E-state index contributed by atoms with van der Waals surface area (Å²) >= 11 is 12.1. The average molecular weight is 245 g/mol. The molecule has 1 saturated carbocycles. The van der Waals surface area contributed by atoms with E-state index in [0.717, 1.165) is 5.56 Å². The number of hydrogen-bond acceptors (Lipinski definition) is 2. The van der Waals surface area contributed by atoms with Crippen molar-refractivity contribution < 1.29 is 9.53 Å². The zero-order chi connectivity index (χ0) is 11.1. The molecular weight excluding hydrogens is 235 g/mol. The van der Waals surface area contributed by atoms with Gasteiger partial charge in [0, 0.05) is 5.92 Å². The van der Waals surface area contributed by atoms with Gasteiger partial charge in [0.15, 0.2) is 0 Å². The Morgan fingerprint density at radius 1 is 1.33 bits per heavy atom. The molecule has 0 bridgehead atoms. The maximum atomic E-state index is 11.4. The van der Waals surface area contributed by atoms with Crippen LogP contribution < -0.4 is 0 Å². The van der Waals surface area contributed by atoms with E-state index >= 15 is 0 Å². The molecule has 2 nitrogen and oxygen atoms in total. The Balaban J connectivity index is 2.23. The summed E-state index contributed by atoms with van der Waals surface area (Å²) in [6.45, 7) is 0. The normalized spacial score (nSPS) is 27.1. The summed E-state index contributed by atoms with van der Waals surface area (Å²) in [5.74, 6) is -0.962. The molecule has 15 heavy (non-hydrogen) atoms. The molecular formula is C11H10Cl2O2. The van der Waals surface area contributed by atoms with Gasteiger partial charge in [0.25, 0.3) is 0 Å². The molecule has 0 N–H and O–H groups in total. The van der Waals surface area contributed by atoms with E-state index in [9.17, 15) is 4.79 Å². The van der Waals surface area contributed by atoms with Crippen LogP contribution in [0.3, 0.4) is 0 Å². The lowest BCUT2D eigenvalue weighted by Crippen LogP contribution is -2.07. The van der Waals surface area contributed by atoms with Crippen LogP contribution in [0.2, 0.25) is 0 Å². The van der Waals surface area contributed by atoms with Crippen LogP contribution in [0, 0.1) is 5.92 Å². The highest BCUT2D eigenvalue weighted by Crippen LogP contribution is 2.65. The van der Waals surface area contributed by atoms with E-state index in [1.807, 2.05) is 30.3 Å². The smallest absolute Gasteiger partial charge is 0.312 e. The fraction of sp³-hybridized carbons (Fsp3) is 0.364.